The van der Waals surface area contributed by atoms with Crippen LogP contribution in [0.5, 0.6) is 5.75 Å². The molecule has 44 heavy (non-hydrogen) atoms. The standard InChI is InChI=1S/C35H42ClN3O5/c1-23(2)17-30(34(42)37-28(21-40)19-25-11-7-5-8-12-25)39-35(43)31(18-24(3)4)38-33(41)29-20-27(36)15-16-32(29)44-22-26-13-9-6-10-14-26/h5-16,20-21,23-24,28,30-31H,17-19,22H2,1-4H3,(H,37,42)(H,38,41)(H,39,43)/t28?,30-,31-/m0/s1. The molecule has 0 bridgehead atoms. The Labute approximate surface area is 264 Å². The van der Waals surface area contributed by atoms with E-state index in [2.05, 4.69) is 16.0 Å². The van der Waals surface area contributed by atoms with Gasteiger partial charge >= 0.3 is 0 Å². The Balaban J connectivity index is 1.75. The Bertz CT molecular complexity index is 1380. The highest BCUT2D eigenvalue weighted by atomic mass is 35.5. The van der Waals surface area contributed by atoms with Gasteiger partial charge in [0.15, 0.2) is 0 Å². The van der Waals surface area contributed by atoms with Crippen LogP contribution >= 0.6 is 11.6 Å². The van der Waals surface area contributed by atoms with E-state index in [0.29, 0.717) is 36.3 Å². The second-order valence-corrected chi connectivity index (χ2v) is 12.1. The van der Waals surface area contributed by atoms with Crippen molar-refractivity contribution in [1.82, 2.24) is 16.0 Å². The topological polar surface area (TPSA) is 114 Å². The summed E-state index contributed by atoms with van der Waals surface area (Å²) in [5.74, 6) is -1.01. The molecule has 3 amide bonds. The number of carbonyl (C=O) groups is 4. The second-order valence-electron chi connectivity index (χ2n) is 11.7. The summed E-state index contributed by atoms with van der Waals surface area (Å²) < 4.78 is 5.95. The minimum atomic E-state index is -0.933. The zero-order chi connectivity index (χ0) is 32.1. The fourth-order valence-electron chi connectivity index (χ4n) is 4.74. The normalized spacial score (nSPS) is 13.1. The Kier molecular flexibility index (Phi) is 13.4. The SMILES string of the molecule is CC(C)C[C@H](NC(=O)c1cc(Cl)ccc1OCc1ccccc1)C(=O)N[C@@H](CC(C)C)C(=O)NC(C=O)Cc1ccccc1. The van der Waals surface area contributed by atoms with Crippen molar-refractivity contribution in [1.29, 1.82) is 0 Å². The zero-order valence-corrected chi connectivity index (χ0v) is 26.5. The largest absolute Gasteiger partial charge is 0.488 e. The van der Waals surface area contributed by atoms with Crippen LogP contribution in [-0.2, 0) is 27.4 Å². The van der Waals surface area contributed by atoms with Gasteiger partial charge in [-0.25, -0.2) is 0 Å². The molecule has 234 valence electrons. The molecular weight excluding hydrogens is 578 g/mol. The van der Waals surface area contributed by atoms with Crippen molar-refractivity contribution in [2.75, 3.05) is 0 Å². The molecule has 3 aromatic rings. The summed E-state index contributed by atoms with van der Waals surface area (Å²) in [4.78, 5) is 52.3. The molecule has 3 N–H and O–H groups in total. The fourth-order valence-corrected chi connectivity index (χ4v) is 4.91. The molecule has 0 spiro atoms. The average molecular weight is 620 g/mol. The van der Waals surface area contributed by atoms with Crippen molar-refractivity contribution in [3.63, 3.8) is 0 Å². The molecule has 0 saturated heterocycles. The molecule has 3 aromatic carbocycles. The van der Waals surface area contributed by atoms with E-state index in [1.807, 2.05) is 88.4 Å². The first kappa shape index (κ1) is 34.3. The summed E-state index contributed by atoms with van der Waals surface area (Å²) in [6.45, 7) is 8.01. The van der Waals surface area contributed by atoms with Gasteiger partial charge < -0.3 is 25.5 Å². The van der Waals surface area contributed by atoms with E-state index in [4.69, 9.17) is 16.3 Å². The molecule has 8 nitrogen and oxygen atoms in total. The molecule has 9 heteroatoms. The highest BCUT2D eigenvalue weighted by Gasteiger charge is 2.30. The van der Waals surface area contributed by atoms with Gasteiger partial charge in [0, 0.05) is 5.02 Å². The van der Waals surface area contributed by atoms with Gasteiger partial charge in [-0.3, -0.25) is 14.4 Å². The molecule has 0 heterocycles. The van der Waals surface area contributed by atoms with E-state index in [0.717, 1.165) is 11.1 Å². The van der Waals surface area contributed by atoms with Crippen LogP contribution in [0.3, 0.4) is 0 Å². The summed E-state index contributed by atoms with van der Waals surface area (Å²) in [6.07, 6.45) is 1.71. The van der Waals surface area contributed by atoms with E-state index >= 15 is 0 Å². The second kappa shape index (κ2) is 17.2. The number of amides is 3. The summed E-state index contributed by atoms with van der Waals surface area (Å²) in [5.41, 5.74) is 2.03. The summed E-state index contributed by atoms with van der Waals surface area (Å²) in [7, 11) is 0. The quantitative estimate of drug-likeness (QED) is 0.183. The third kappa shape index (κ3) is 11.2. The van der Waals surface area contributed by atoms with Crippen molar-refractivity contribution >= 4 is 35.6 Å². The molecule has 3 rings (SSSR count). The number of aldehydes is 1. The van der Waals surface area contributed by atoms with Crippen molar-refractivity contribution in [3.05, 3.63) is 101 Å². The first-order valence-electron chi connectivity index (χ1n) is 14.9. The molecule has 1 unspecified atom stereocenters. The number of halogens is 1. The van der Waals surface area contributed by atoms with Gasteiger partial charge in [-0.1, -0.05) is 100.0 Å². The van der Waals surface area contributed by atoms with E-state index in [9.17, 15) is 19.2 Å². The van der Waals surface area contributed by atoms with E-state index in [1.165, 1.54) is 6.07 Å². The van der Waals surface area contributed by atoms with Crippen molar-refractivity contribution < 1.29 is 23.9 Å². The highest BCUT2D eigenvalue weighted by Crippen LogP contribution is 2.24. The number of benzene rings is 3. The van der Waals surface area contributed by atoms with Gasteiger partial charge in [0.1, 0.15) is 30.7 Å². The van der Waals surface area contributed by atoms with Crippen LogP contribution in [0.4, 0.5) is 0 Å². The van der Waals surface area contributed by atoms with Gasteiger partial charge in [0.2, 0.25) is 11.8 Å². The Hall–Kier alpha value is -4.17. The van der Waals surface area contributed by atoms with Crippen LogP contribution in [-0.4, -0.2) is 42.1 Å². The lowest BCUT2D eigenvalue weighted by atomic mass is 9.99. The number of hydrogen-bond donors (Lipinski definition) is 3. The lowest BCUT2D eigenvalue weighted by Gasteiger charge is -2.26. The van der Waals surface area contributed by atoms with Crippen LogP contribution in [0.2, 0.25) is 5.02 Å². The van der Waals surface area contributed by atoms with Crippen molar-refractivity contribution in [3.8, 4) is 5.75 Å². The maximum absolute atomic E-state index is 13.6. The maximum Gasteiger partial charge on any atom is 0.255 e. The maximum atomic E-state index is 13.6. The highest BCUT2D eigenvalue weighted by molar-refractivity contribution is 6.31. The first-order chi connectivity index (χ1) is 21.0. The summed E-state index contributed by atoms with van der Waals surface area (Å²) in [6, 6.07) is 21.1. The van der Waals surface area contributed by atoms with Gasteiger partial charge in [-0.15, -0.1) is 0 Å². The number of carbonyl (C=O) groups excluding carboxylic acids is 4. The van der Waals surface area contributed by atoms with Crippen LogP contribution in [0.25, 0.3) is 0 Å². The molecule has 3 atom stereocenters. The Morgan fingerprint density at radius 3 is 1.86 bits per heavy atom. The lowest BCUT2D eigenvalue weighted by molar-refractivity contribution is -0.131. The number of nitrogens with one attached hydrogen (secondary N) is 3. The fraction of sp³-hybridized carbons (Fsp3) is 0.371. The van der Waals surface area contributed by atoms with Crippen LogP contribution in [0, 0.1) is 11.8 Å². The molecule has 0 aromatic heterocycles. The number of ether oxygens (including phenoxy) is 1. The molecule has 0 aliphatic rings. The molecule has 0 aliphatic heterocycles. The van der Waals surface area contributed by atoms with Crippen molar-refractivity contribution in [2.24, 2.45) is 11.8 Å². The minimum Gasteiger partial charge on any atom is -0.488 e. The summed E-state index contributed by atoms with van der Waals surface area (Å²) in [5, 5.41) is 8.79. The third-order valence-electron chi connectivity index (χ3n) is 6.88. The summed E-state index contributed by atoms with van der Waals surface area (Å²) >= 11 is 6.23. The Morgan fingerprint density at radius 2 is 1.30 bits per heavy atom. The smallest absolute Gasteiger partial charge is 0.255 e. The van der Waals surface area contributed by atoms with E-state index < -0.39 is 35.8 Å². The lowest BCUT2D eigenvalue weighted by Crippen LogP contribution is -2.55. The van der Waals surface area contributed by atoms with Gasteiger partial charge in [0.25, 0.3) is 5.91 Å². The van der Waals surface area contributed by atoms with Gasteiger partial charge in [-0.2, -0.15) is 0 Å². The Morgan fingerprint density at radius 1 is 0.750 bits per heavy atom. The molecule has 0 aliphatic carbocycles. The van der Waals surface area contributed by atoms with E-state index in [1.54, 1.807) is 12.1 Å². The van der Waals surface area contributed by atoms with Crippen LogP contribution < -0.4 is 20.7 Å². The predicted molar refractivity (Wildman–Crippen MR) is 172 cm³/mol. The van der Waals surface area contributed by atoms with E-state index in [-0.39, 0.29) is 24.0 Å². The predicted octanol–water partition coefficient (Wildman–Crippen LogP) is 5.52. The molecule has 0 radical (unpaired) electrons. The number of hydrogen-bond acceptors (Lipinski definition) is 5. The van der Waals surface area contributed by atoms with Gasteiger partial charge in [-0.05, 0) is 60.4 Å². The minimum absolute atomic E-state index is 0.0573. The molecule has 0 saturated carbocycles. The number of rotatable bonds is 16. The molecule has 0 fully saturated rings. The van der Waals surface area contributed by atoms with Crippen LogP contribution in [0.15, 0.2) is 78.9 Å². The third-order valence-corrected chi connectivity index (χ3v) is 7.12. The van der Waals surface area contributed by atoms with Crippen LogP contribution in [0.1, 0.15) is 62.0 Å². The average Bonchev–Trinajstić information content (AvgIpc) is 2.99. The first-order valence-corrected chi connectivity index (χ1v) is 15.3. The molecular formula is C35H42ClN3O5. The van der Waals surface area contributed by atoms with Crippen molar-refractivity contribution in [2.45, 2.75) is 71.7 Å². The zero-order valence-electron chi connectivity index (χ0n) is 25.7. The monoisotopic (exact) mass is 619 g/mol. The van der Waals surface area contributed by atoms with Gasteiger partial charge in [0.05, 0.1) is 11.6 Å².